The summed E-state index contributed by atoms with van der Waals surface area (Å²) >= 11 is 1.38. The summed E-state index contributed by atoms with van der Waals surface area (Å²) in [7, 11) is 0. The van der Waals surface area contributed by atoms with E-state index in [0.29, 0.717) is 18.0 Å². The van der Waals surface area contributed by atoms with E-state index in [4.69, 9.17) is 5.73 Å². The van der Waals surface area contributed by atoms with Crippen molar-refractivity contribution in [1.29, 1.82) is 0 Å². The van der Waals surface area contributed by atoms with Gasteiger partial charge < -0.3 is 16.0 Å². The minimum atomic E-state index is -0.505. The maximum absolute atomic E-state index is 12.9. The summed E-state index contributed by atoms with van der Waals surface area (Å²) in [5.74, 6) is -0.157. The van der Waals surface area contributed by atoms with Crippen LogP contribution < -0.4 is 11.1 Å². The van der Waals surface area contributed by atoms with E-state index in [1.165, 1.54) is 11.3 Å². The lowest BCUT2D eigenvalue weighted by Crippen LogP contribution is -2.58. The van der Waals surface area contributed by atoms with Crippen LogP contribution in [-0.2, 0) is 4.79 Å². The molecule has 2 heterocycles. The molecule has 2 amide bonds. The van der Waals surface area contributed by atoms with Crippen LogP contribution in [0.2, 0.25) is 0 Å². The molecule has 0 aliphatic carbocycles. The first kappa shape index (κ1) is 20.9. The van der Waals surface area contributed by atoms with E-state index in [2.05, 4.69) is 19.2 Å². The number of hydrogen-bond acceptors (Lipinski definition) is 4. The molecule has 2 rings (SSSR count). The van der Waals surface area contributed by atoms with Gasteiger partial charge in [0, 0.05) is 19.1 Å². The topological polar surface area (TPSA) is 75.4 Å². The maximum atomic E-state index is 12.9. The first-order chi connectivity index (χ1) is 10.7. The highest BCUT2D eigenvalue weighted by molar-refractivity contribution is 7.12. The van der Waals surface area contributed by atoms with Crippen LogP contribution in [0.3, 0.4) is 0 Å². The van der Waals surface area contributed by atoms with E-state index >= 15 is 0 Å². The van der Waals surface area contributed by atoms with Crippen LogP contribution in [0.15, 0.2) is 17.5 Å². The number of piperidine rings is 1. The normalized spacial score (nSPS) is 21.1. The second-order valence-electron chi connectivity index (χ2n) is 7.32. The van der Waals surface area contributed by atoms with E-state index < -0.39 is 6.04 Å². The third-order valence-electron chi connectivity index (χ3n) is 4.59. The van der Waals surface area contributed by atoms with Crippen molar-refractivity contribution in [2.24, 2.45) is 17.1 Å². The molecule has 1 aliphatic heterocycles. The van der Waals surface area contributed by atoms with E-state index in [1.54, 1.807) is 6.07 Å². The van der Waals surface area contributed by atoms with Gasteiger partial charge in [0.1, 0.15) is 6.04 Å². The highest BCUT2D eigenvalue weighted by Gasteiger charge is 2.38. The Morgan fingerprint density at radius 3 is 2.58 bits per heavy atom. The largest absolute Gasteiger partial charge is 0.340 e. The molecule has 1 fully saturated rings. The molecular weight excluding hydrogens is 346 g/mol. The molecule has 0 bridgehead atoms. The number of thiophene rings is 1. The van der Waals surface area contributed by atoms with Gasteiger partial charge in [0.05, 0.1) is 4.88 Å². The number of rotatable bonds is 4. The predicted octanol–water partition coefficient (Wildman–Crippen LogP) is 2.51. The lowest BCUT2D eigenvalue weighted by atomic mass is 9.79. The third-order valence-corrected chi connectivity index (χ3v) is 5.46. The minimum Gasteiger partial charge on any atom is -0.340 e. The van der Waals surface area contributed by atoms with Gasteiger partial charge in [-0.1, -0.05) is 33.8 Å². The fourth-order valence-electron chi connectivity index (χ4n) is 2.89. The molecule has 0 spiro atoms. The Hall–Kier alpha value is -1.11. The summed E-state index contributed by atoms with van der Waals surface area (Å²) in [5.41, 5.74) is 6.05. The maximum Gasteiger partial charge on any atom is 0.262 e. The van der Waals surface area contributed by atoms with E-state index in [-0.39, 0.29) is 41.6 Å². The number of amides is 2. The zero-order valence-electron chi connectivity index (χ0n) is 14.7. The van der Waals surface area contributed by atoms with Gasteiger partial charge in [-0.25, -0.2) is 0 Å². The van der Waals surface area contributed by atoms with Crippen molar-refractivity contribution in [2.75, 3.05) is 13.1 Å². The minimum absolute atomic E-state index is 0. The number of nitrogens with zero attached hydrogens (tertiary/aromatic N) is 1. The van der Waals surface area contributed by atoms with Crippen molar-refractivity contribution < 1.29 is 9.59 Å². The molecule has 1 saturated heterocycles. The van der Waals surface area contributed by atoms with Crippen molar-refractivity contribution >= 4 is 35.6 Å². The number of likely N-dealkylation sites (tertiary alicyclic amines) is 1. The van der Waals surface area contributed by atoms with Gasteiger partial charge in [-0.2, -0.15) is 0 Å². The van der Waals surface area contributed by atoms with E-state index in [1.807, 2.05) is 30.2 Å². The SMILES string of the molecule is CC(C)C(NC(=O)c1cccs1)C(=O)N1CCC(N)C(C)(C)C1.Cl. The predicted molar refractivity (Wildman–Crippen MR) is 101 cm³/mol. The molecule has 1 aromatic heterocycles. The van der Waals surface area contributed by atoms with Crippen molar-refractivity contribution in [2.45, 2.75) is 46.2 Å². The Morgan fingerprint density at radius 1 is 1.42 bits per heavy atom. The highest BCUT2D eigenvalue weighted by Crippen LogP contribution is 2.28. The zero-order valence-corrected chi connectivity index (χ0v) is 16.4. The van der Waals surface area contributed by atoms with Gasteiger partial charge in [0.2, 0.25) is 5.91 Å². The summed E-state index contributed by atoms with van der Waals surface area (Å²) < 4.78 is 0. The summed E-state index contributed by atoms with van der Waals surface area (Å²) in [5, 5.41) is 4.76. The Kier molecular flexibility index (Phi) is 7.25. The summed E-state index contributed by atoms with van der Waals surface area (Å²) in [6.45, 7) is 9.38. The van der Waals surface area contributed by atoms with Crippen LogP contribution in [0.1, 0.15) is 43.8 Å². The van der Waals surface area contributed by atoms with Crippen LogP contribution in [0.25, 0.3) is 0 Å². The number of hydrogen-bond donors (Lipinski definition) is 2. The average molecular weight is 374 g/mol. The molecular formula is C17H28ClN3O2S. The molecule has 0 aromatic carbocycles. The van der Waals surface area contributed by atoms with Gasteiger partial charge >= 0.3 is 0 Å². The van der Waals surface area contributed by atoms with Crippen LogP contribution in [0, 0.1) is 11.3 Å². The third kappa shape index (κ3) is 4.71. The molecule has 0 saturated carbocycles. The van der Waals surface area contributed by atoms with Crippen LogP contribution in [0.5, 0.6) is 0 Å². The quantitative estimate of drug-likeness (QED) is 0.851. The molecule has 2 unspecified atom stereocenters. The van der Waals surface area contributed by atoms with Crippen molar-refractivity contribution in [3.63, 3.8) is 0 Å². The molecule has 1 aromatic rings. The smallest absolute Gasteiger partial charge is 0.262 e. The molecule has 2 atom stereocenters. The number of halogens is 1. The van der Waals surface area contributed by atoms with Crippen LogP contribution >= 0.6 is 23.7 Å². The summed E-state index contributed by atoms with van der Waals surface area (Å²) in [4.78, 5) is 27.7. The monoisotopic (exact) mass is 373 g/mol. The Morgan fingerprint density at radius 2 is 2.08 bits per heavy atom. The van der Waals surface area contributed by atoms with Gasteiger partial charge in [0.25, 0.3) is 5.91 Å². The molecule has 24 heavy (non-hydrogen) atoms. The summed E-state index contributed by atoms with van der Waals surface area (Å²) in [6, 6.07) is 3.20. The summed E-state index contributed by atoms with van der Waals surface area (Å²) in [6.07, 6.45) is 0.794. The highest BCUT2D eigenvalue weighted by atomic mass is 35.5. The average Bonchev–Trinajstić information content (AvgIpc) is 3.00. The molecule has 3 N–H and O–H groups in total. The number of nitrogens with one attached hydrogen (secondary N) is 1. The van der Waals surface area contributed by atoms with Crippen molar-refractivity contribution in [1.82, 2.24) is 10.2 Å². The molecule has 136 valence electrons. The van der Waals surface area contributed by atoms with E-state index in [0.717, 1.165) is 6.42 Å². The van der Waals surface area contributed by atoms with Gasteiger partial charge in [0.15, 0.2) is 0 Å². The first-order valence-electron chi connectivity index (χ1n) is 8.11. The standard InChI is InChI=1S/C17H27N3O2S.ClH/c1-11(2)14(19-15(21)12-6-5-9-23-12)16(22)20-8-7-13(18)17(3,4)10-20;/h5-6,9,11,13-14H,7-8,10,18H2,1-4H3,(H,19,21);1H. The molecule has 5 nitrogen and oxygen atoms in total. The van der Waals surface area contributed by atoms with Crippen molar-refractivity contribution in [3.8, 4) is 0 Å². The second kappa shape index (κ2) is 8.32. The van der Waals surface area contributed by atoms with Gasteiger partial charge in [-0.3, -0.25) is 9.59 Å². The Bertz CT molecular complexity index is 560. The van der Waals surface area contributed by atoms with Crippen LogP contribution in [-0.4, -0.2) is 41.9 Å². The molecule has 7 heteroatoms. The van der Waals surface area contributed by atoms with Crippen molar-refractivity contribution in [3.05, 3.63) is 22.4 Å². The fourth-order valence-corrected chi connectivity index (χ4v) is 3.52. The molecule has 0 radical (unpaired) electrons. The van der Waals surface area contributed by atoms with Gasteiger partial charge in [-0.15, -0.1) is 23.7 Å². The van der Waals surface area contributed by atoms with Crippen LogP contribution in [0.4, 0.5) is 0 Å². The molecule has 1 aliphatic rings. The number of carbonyl (C=O) groups excluding carboxylic acids is 2. The number of nitrogens with two attached hydrogens (primary N) is 1. The Balaban J connectivity index is 0.00000288. The van der Waals surface area contributed by atoms with E-state index in [9.17, 15) is 9.59 Å². The fraction of sp³-hybridized carbons (Fsp3) is 0.647. The lowest BCUT2D eigenvalue weighted by Gasteiger charge is -2.44. The number of carbonyl (C=O) groups is 2. The Labute approximate surface area is 154 Å². The first-order valence-corrected chi connectivity index (χ1v) is 8.99. The lowest BCUT2D eigenvalue weighted by molar-refractivity contribution is -0.137. The van der Waals surface area contributed by atoms with Gasteiger partial charge in [-0.05, 0) is 29.2 Å². The zero-order chi connectivity index (χ0) is 17.2. The second-order valence-corrected chi connectivity index (χ2v) is 8.26.